The number of nitrogens with zero attached hydrogens (tertiary/aromatic N) is 3. The maximum Gasteiger partial charge on any atom is 0.343 e. The number of aromatic nitrogens is 1. The van der Waals surface area contributed by atoms with Crippen molar-refractivity contribution in [2.45, 2.75) is 0 Å². The second kappa shape index (κ2) is 8.36. The number of hydrogen-bond donors (Lipinski definition) is 1. The Balaban J connectivity index is 1.83. The van der Waals surface area contributed by atoms with E-state index in [1.54, 1.807) is 11.9 Å². The van der Waals surface area contributed by atoms with Gasteiger partial charge in [-0.2, -0.15) is 0 Å². The molecule has 1 N–H and O–H groups in total. The van der Waals surface area contributed by atoms with Crippen LogP contribution in [0.5, 0.6) is 5.75 Å². The van der Waals surface area contributed by atoms with E-state index in [0.29, 0.717) is 25.3 Å². The van der Waals surface area contributed by atoms with Gasteiger partial charge in [0.05, 0.1) is 20.3 Å². The molecule has 0 amide bonds. The van der Waals surface area contributed by atoms with E-state index in [2.05, 4.69) is 10.1 Å². The largest absolute Gasteiger partial charge is 0.494 e. The van der Waals surface area contributed by atoms with E-state index in [4.69, 9.17) is 14.0 Å². The molecular formula is C18H22FN3O5. The Labute approximate surface area is 156 Å². The summed E-state index contributed by atoms with van der Waals surface area (Å²) in [7, 11) is 3.10. The molecule has 2 heterocycles. The molecule has 9 heteroatoms. The highest BCUT2D eigenvalue weighted by Crippen LogP contribution is 2.33. The lowest BCUT2D eigenvalue weighted by Gasteiger charge is -2.28. The molecule has 8 nitrogen and oxygen atoms in total. The topological polar surface area (TPSA) is 88.3 Å². The molecule has 27 heavy (non-hydrogen) atoms. The summed E-state index contributed by atoms with van der Waals surface area (Å²) in [6, 6.07) is 4.02. The predicted molar refractivity (Wildman–Crippen MR) is 95.9 cm³/mol. The van der Waals surface area contributed by atoms with Crippen LogP contribution in [0.25, 0.3) is 11.3 Å². The fraction of sp³-hybridized carbons (Fsp3) is 0.444. The van der Waals surface area contributed by atoms with Crippen LogP contribution in [0.2, 0.25) is 0 Å². The molecule has 1 aromatic carbocycles. The summed E-state index contributed by atoms with van der Waals surface area (Å²) in [6.07, 6.45) is 0. The molecule has 1 aliphatic heterocycles. The lowest BCUT2D eigenvalue weighted by molar-refractivity contribution is 0.0392. The molecule has 0 radical (unpaired) electrons. The Hall–Kier alpha value is -2.65. The van der Waals surface area contributed by atoms with Crippen LogP contribution in [0.15, 0.2) is 22.7 Å². The lowest BCUT2D eigenvalue weighted by atomic mass is 10.1. The van der Waals surface area contributed by atoms with Crippen LogP contribution in [0, 0.1) is 5.82 Å². The third-order valence-electron chi connectivity index (χ3n) is 4.52. The summed E-state index contributed by atoms with van der Waals surface area (Å²) < 4.78 is 29.2. The number of aromatic carboxylic acids is 1. The summed E-state index contributed by atoms with van der Waals surface area (Å²) in [6.45, 7) is 4.43. The van der Waals surface area contributed by atoms with Crippen molar-refractivity contribution < 1.29 is 28.3 Å². The van der Waals surface area contributed by atoms with Gasteiger partial charge in [0.25, 0.3) is 0 Å². The Morgan fingerprint density at radius 1 is 1.41 bits per heavy atom. The number of carboxylic acids is 1. The zero-order chi connectivity index (χ0) is 19.4. The molecule has 0 spiro atoms. The fourth-order valence-corrected chi connectivity index (χ4v) is 2.96. The van der Waals surface area contributed by atoms with E-state index >= 15 is 0 Å². The summed E-state index contributed by atoms with van der Waals surface area (Å²) in [4.78, 5) is 15.8. The Bertz CT molecular complexity index is 804. The van der Waals surface area contributed by atoms with Gasteiger partial charge in [-0.25, -0.2) is 9.18 Å². The van der Waals surface area contributed by atoms with Crippen LogP contribution in [0.4, 0.5) is 10.2 Å². The molecule has 1 aliphatic rings. The predicted octanol–water partition coefficient (Wildman–Crippen LogP) is 1.96. The maximum atomic E-state index is 13.6. The highest BCUT2D eigenvalue weighted by atomic mass is 19.1. The molecule has 3 rings (SSSR count). The van der Waals surface area contributed by atoms with Crippen LogP contribution in [0.3, 0.4) is 0 Å². The average molecular weight is 379 g/mol. The minimum Gasteiger partial charge on any atom is -0.494 e. The van der Waals surface area contributed by atoms with Crippen molar-refractivity contribution in [2.24, 2.45) is 0 Å². The van der Waals surface area contributed by atoms with E-state index < -0.39 is 11.8 Å². The van der Waals surface area contributed by atoms with Crippen molar-refractivity contribution in [3.8, 4) is 17.1 Å². The fourth-order valence-electron chi connectivity index (χ4n) is 2.96. The van der Waals surface area contributed by atoms with Gasteiger partial charge >= 0.3 is 5.97 Å². The number of ether oxygens (including phenoxy) is 2. The van der Waals surface area contributed by atoms with Crippen molar-refractivity contribution in [1.82, 2.24) is 10.1 Å². The van der Waals surface area contributed by atoms with Crippen LogP contribution in [-0.2, 0) is 4.74 Å². The van der Waals surface area contributed by atoms with Crippen molar-refractivity contribution >= 4 is 11.8 Å². The van der Waals surface area contributed by atoms with E-state index in [9.17, 15) is 14.3 Å². The number of anilines is 1. The van der Waals surface area contributed by atoms with Gasteiger partial charge in [0.1, 0.15) is 0 Å². The molecule has 0 aliphatic carbocycles. The minimum atomic E-state index is -1.16. The third kappa shape index (κ3) is 4.20. The first-order valence-electron chi connectivity index (χ1n) is 8.59. The second-order valence-corrected chi connectivity index (χ2v) is 6.24. The van der Waals surface area contributed by atoms with Crippen molar-refractivity contribution in [2.75, 3.05) is 58.5 Å². The summed E-state index contributed by atoms with van der Waals surface area (Å²) >= 11 is 0. The summed E-state index contributed by atoms with van der Waals surface area (Å²) in [5, 5.41) is 13.6. The molecule has 1 saturated heterocycles. The van der Waals surface area contributed by atoms with Gasteiger partial charge in [-0.3, -0.25) is 4.90 Å². The van der Waals surface area contributed by atoms with Crippen molar-refractivity contribution in [1.29, 1.82) is 0 Å². The molecule has 1 aromatic heterocycles. The van der Waals surface area contributed by atoms with E-state index in [1.807, 2.05) is 0 Å². The van der Waals surface area contributed by atoms with Crippen LogP contribution in [-0.4, -0.2) is 74.7 Å². The molecule has 0 atom stereocenters. The summed E-state index contributed by atoms with van der Waals surface area (Å²) in [5.41, 5.74) is 0.319. The Kier molecular flexibility index (Phi) is 5.92. The molecule has 0 saturated carbocycles. The standard InChI is InChI=1S/C18H22FN3O5/c1-21(5-6-22-7-9-26-10-8-22)17-15(18(23)24)16(27-20-17)12-3-4-13(19)14(11-12)25-2/h3-4,11H,5-10H2,1-2H3,(H,23,24). The Morgan fingerprint density at radius 2 is 2.15 bits per heavy atom. The average Bonchev–Trinajstić information content (AvgIpc) is 3.13. The van der Waals surface area contributed by atoms with Crippen LogP contribution >= 0.6 is 0 Å². The normalized spacial score (nSPS) is 14.9. The van der Waals surface area contributed by atoms with Crippen LogP contribution in [0.1, 0.15) is 10.4 Å². The number of carbonyl (C=O) groups is 1. The quantitative estimate of drug-likeness (QED) is 0.781. The molecule has 146 valence electrons. The first-order valence-corrected chi connectivity index (χ1v) is 8.59. The SMILES string of the molecule is COc1cc(-c2onc(N(C)CCN3CCOCC3)c2C(=O)O)ccc1F. The number of halogens is 1. The molecule has 2 aromatic rings. The van der Waals surface area contributed by atoms with E-state index in [0.717, 1.165) is 19.6 Å². The first-order chi connectivity index (χ1) is 13.0. The maximum absolute atomic E-state index is 13.6. The highest BCUT2D eigenvalue weighted by molar-refractivity contribution is 5.99. The third-order valence-corrected chi connectivity index (χ3v) is 4.52. The van der Waals surface area contributed by atoms with E-state index in [-0.39, 0.29) is 22.9 Å². The number of likely N-dealkylation sites (N-methyl/N-ethyl adjacent to an activating group) is 1. The van der Waals surface area contributed by atoms with Gasteiger partial charge in [0.2, 0.25) is 0 Å². The summed E-state index contributed by atoms with van der Waals surface area (Å²) in [5.74, 6) is -1.41. The zero-order valence-electron chi connectivity index (χ0n) is 15.3. The van der Waals surface area contributed by atoms with Crippen molar-refractivity contribution in [3.63, 3.8) is 0 Å². The monoisotopic (exact) mass is 379 g/mol. The number of morpholine rings is 1. The number of benzene rings is 1. The lowest BCUT2D eigenvalue weighted by Crippen LogP contribution is -2.41. The Morgan fingerprint density at radius 3 is 2.81 bits per heavy atom. The van der Waals surface area contributed by atoms with Gasteiger partial charge in [0.15, 0.2) is 28.7 Å². The number of carboxylic acid groups (broad SMARTS) is 1. The van der Waals surface area contributed by atoms with Crippen LogP contribution < -0.4 is 9.64 Å². The van der Waals surface area contributed by atoms with Gasteiger partial charge in [-0.1, -0.05) is 5.16 Å². The first kappa shape index (κ1) is 19.1. The number of methoxy groups -OCH3 is 1. The highest BCUT2D eigenvalue weighted by Gasteiger charge is 2.27. The minimum absolute atomic E-state index is 0.00228. The van der Waals surface area contributed by atoms with E-state index in [1.165, 1.54) is 25.3 Å². The second-order valence-electron chi connectivity index (χ2n) is 6.24. The molecule has 0 bridgehead atoms. The smallest absolute Gasteiger partial charge is 0.343 e. The number of hydrogen-bond acceptors (Lipinski definition) is 7. The van der Waals surface area contributed by atoms with Gasteiger partial charge in [0, 0.05) is 38.8 Å². The molecule has 0 unspecified atom stereocenters. The molecular weight excluding hydrogens is 357 g/mol. The van der Waals surface area contributed by atoms with Gasteiger partial charge in [-0.15, -0.1) is 0 Å². The van der Waals surface area contributed by atoms with Gasteiger partial charge < -0.3 is 24.0 Å². The van der Waals surface area contributed by atoms with Crippen molar-refractivity contribution in [3.05, 3.63) is 29.6 Å². The van der Waals surface area contributed by atoms with Gasteiger partial charge in [-0.05, 0) is 18.2 Å². The number of rotatable bonds is 7. The molecule has 1 fully saturated rings. The zero-order valence-corrected chi connectivity index (χ0v) is 15.3.